The lowest BCUT2D eigenvalue weighted by molar-refractivity contribution is -0.138. The van der Waals surface area contributed by atoms with E-state index in [1.807, 2.05) is 23.9 Å². The van der Waals surface area contributed by atoms with E-state index in [0.29, 0.717) is 0 Å². The van der Waals surface area contributed by atoms with Crippen LogP contribution in [0.25, 0.3) is 0 Å². The van der Waals surface area contributed by atoms with Crippen molar-refractivity contribution in [3.63, 3.8) is 0 Å². The Morgan fingerprint density at radius 1 is 1.71 bits per heavy atom. The summed E-state index contributed by atoms with van der Waals surface area (Å²) in [6.07, 6.45) is 4.21. The predicted molar refractivity (Wildman–Crippen MR) is 50.9 cm³/mol. The van der Waals surface area contributed by atoms with Gasteiger partial charge >= 0.3 is 5.97 Å². The molecule has 1 aromatic rings. The van der Waals surface area contributed by atoms with E-state index in [1.54, 1.807) is 0 Å². The Morgan fingerprint density at radius 3 is 2.86 bits per heavy atom. The minimum Gasteiger partial charge on any atom is -0.481 e. The van der Waals surface area contributed by atoms with Crippen molar-refractivity contribution in [3.05, 3.63) is 18.0 Å². The molecule has 0 spiro atoms. The fourth-order valence-electron chi connectivity index (χ4n) is 1.78. The van der Waals surface area contributed by atoms with Gasteiger partial charge in [-0.2, -0.15) is 5.10 Å². The van der Waals surface area contributed by atoms with Crippen LogP contribution in [-0.2, 0) is 11.3 Å². The van der Waals surface area contributed by atoms with Gasteiger partial charge in [0.2, 0.25) is 0 Å². The quantitative estimate of drug-likeness (QED) is 0.789. The second kappa shape index (κ2) is 3.12. The molecule has 76 valence electrons. The standard InChI is InChI=1S/C10H14N2O2/c1-8-2-5-12(11-8)7-10(3-4-10)6-9(13)14/h2,5H,3-4,6-7H2,1H3,(H,13,14). The van der Waals surface area contributed by atoms with Crippen molar-refractivity contribution in [2.24, 2.45) is 5.41 Å². The number of aryl methyl sites for hydroxylation is 1. The van der Waals surface area contributed by atoms with Gasteiger partial charge in [-0.15, -0.1) is 0 Å². The van der Waals surface area contributed by atoms with Crippen LogP contribution in [0.3, 0.4) is 0 Å². The number of carbonyl (C=O) groups is 1. The molecule has 0 atom stereocenters. The van der Waals surface area contributed by atoms with Gasteiger partial charge in [-0.3, -0.25) is 9.48 Å². The maximum absolute atomic E-state index is 10.6. The Balaban J connectivity index is 2.00. The van der Waals surface area contributed by atoms with Crippen molar-refractivity contribution in [3.8, 4) is 0 Å². The Hall–Kier alpha value is -1.32. The van der Waals surface area contributed by atoms with E-state index in [4.69, 9.17) is 5.11 Å². The highest BCUT2D eigenvalue weighted by molar-refractivity contribution is 5.68. The molecule has 4 heteroatoms. The molecule has 1 heterocycles. The van der Waals surface area contributed by atoms with Crippen molar-refractivity contribution in [2.75, 3.05) is 0 Å². The number of carboxylic acid groups (broad SMARTS) is 1. The molecule has 1 aromatic heterocycles. The first-order valence-electron chi connectivity index (χ1n) is 4.82. The van der Waals surface area contributed by atoms with E-state index in [0.717, 1.165) is 25.1 Å². The number of carboxylic acids is 1. The molecule has 0 amide bonds. The largest absolute Gasteiger partial charge is 0.481 e. The highest BCUT2D eigenvalue weighted by Crippen LogP contribution is 2.50. The van der Waals surface area contributed by atoms with Crippen LogP contribution >= 0.6 is 0 Å². The van der Waals surface area contributed by atoms with Crippen molar-refractivity contribution in [1.29, 1.82) is 0 Å². The van der Waals surface area contributed by atoms with Gasteiger partial charge in [-0.25, -0.2) is 0 Å². The summed E-state index contributed by atoms with van der Waals surface area (Å²) in [6.45, 7) is 2.68. The lowest BCUT2D eigenvalue weighted by atomic mass is 10.0. The average Bonchev–Trinajstić information content (AvgIpc) is 2.67. The summed E-state index contributed by atoms with van der Waals surface area (Å²) in [4.78, 5) is 10.6. The molecule has 1 saturated carbocycles. The van der Waals surface area contributed by atoms with Crippen molar-refractivity contribution < 1.29 is 9.90 Å². The van der Waals surface area contributed by atoms with E-state index in [2.05, 4.69) is 5.10 Å². The lowest BCUT2D eigenvalue weighted by Gasteiger charge is -2.11. The van der Waals surface area contributed by atoms with Gasteiger partial charge in [0.05, 0.1) is 12.1 Å². The smallest absolute Gasteiger partial charge is 0.303 e. The third-order valence-electron chi connectivity index (χ3n) is 2.75. The molecule has 2 rings (SSSR count). The summed E-state index contributed by atoms with van der Waals surface area (Å²) in [6, 6.07) is 1.94. The van der Waals surface area contributed by atoms with Crippen LogP contribution in [0.1, 0.15) is 25.0 Å². The van der Waals surface area contributed by atoms with Crippen LogP contribution in [0.15, 0.2) is 12.3 Å². The third-order valence-corrected chi connectivity index (χ3v) is 2.75. The number of rotatable bonds is 4. The minimum atomic E-state index is -0.702. The van der Waals surface area contributed by atoms with E-state index in [-0.39, 0.29) is 11.8 Å². The number of nitrogens with zero attached hydrogens (tertiary/aromatic N) is 2. The van der Waals surface area contributed by atoms with Crippen molar-refractivity contribution >= 4 is 5.97 Å². The monoisotopic (exact) mass is 194 g/mol. The maximum atomic E-state index is 10.6. The Bertz CT molecular complexity index is 353. The zero-order valence-electron chi connectivity index (χ0n) is 8.23. The number of hydrogen-bond acceptors (Lipinski definition) is 2. The van der Waals surface area contributed by atoms with E-state index in [1.165, 1.54) is 0 Å². The Labute approximate surface area is 82.5 Å². The third kappa shape index (κ3) is 1.95. The Kier molecular flexibility index (Phi) is 2.06. The van der Waals surface area contributed by atoms with Crippen LogP contribution in [0.4, 0.5) is 0 Å². The van der Waals surface area contributed by atoms with E-state index < -0.39 is 5.97 Å². The Morgan fingerprint density at radius 2 is 2.43 bits per heavy atom. The normalized spacial score (nSPS) is 18.1. The van der Waals surface area contributed by atoms with Gasteiger partial charge in [0.15, 0.2) is 0 Å². The number of aromatic nitrogens is 2. The highest BCUT2D eigenvalue weighted by Gasteiger charge is 2.44. The van der Waals surface area contributed by atoms with Crippen LogP contribution in [-0.4, -0.2) is 20.9 Å². The molecule has 1 fully saturated rings. The number of aliphatic carboxylic acids is 1. The van der Waals surface area contributed by atoms with Crippen LogP contribution in [0.2, 0.25) is 0 Å². The second-order valence-corrected chi connectivity index (χ2v) is 4.23. The molecule has 0 unspecified atom stereocenters. The molecule has 0 aromatic carbocycles. The van der Waals surface area contributed by atoms with Crippen molar-refractivity contribution in [1.82, 2.24) is 9.78 Å². The van der Waals surface area contributed by atoms with Crippen LogP contribution in [0, 0.1) is 12.3 Å². The minimum absolute atomic E-state index is 0.00963. The molecular weight excluding hydrogens is 180 g/mol. The topological polar surface area (TPSA) is 55.1 Å². The van der Waals surface area contributed by atoms with Crippen LogP contribution in [0.5, 0.6) is 0 Å². The molecule has 1 aliphatic carbocycles. The number of hydrogen-bond donors (Lipinski definition) is 1. The van der Waals surface area contributed by atoms with Gasteiger partial charge in [0.25, 0.3) is 0 Å². The summed E-state index contributed by atoms with van der Waals surface area (Å²) < 4.78 is 1.85. The first-order chi connectivity index (χ1) is 6.60. The lowest BCUT2D eigenvalue weighted by Crippen LogP contribution is -2.16. The van der Waals surface area contributed by atoms with Crippen molar-refractivity contribution in [2.45, 2.75) is 32.7 Å². The molecule has 1 N–H and O–H groups in total. The molecule has 1 aliphatic rings. The molecule has 14 heavy (non-hydrogen) atoms. The zero-order valence-corrected chi connectivity index (χ0v) is 8.23. The summed E-state index contributed by atoms with van der Waals surface area (Å²) in [5.74, 6) is -0.702. The van der Waals surface area contributed by atoms with Gasteiger partial charge in [-0.1, -0.05) is 0 Å². The van der Waals surface area contributed by atoms with Gasteiger partial charge in [0, 0.05) is 18.2 Å². The van der Waals surface area contributed by atoms with E-state index in [9.17, 15) is 4.79 Å². The highest BCUT2D eigenvalue weighted by atomic mass is 16.4. The summed E-state index contributed by atoms with van der Waals surface area (Å²) in [5, 5.41) is 13.0. The molecule has 0 aliphatic heterocycles. The molecule has 4 nitrogen and oxygen atoms in total. The maximum Gasteiger partial charge on any atom is 0.303 e. The van der Waals surface area contributed by atoms with Crippen LogP contribution < -0.4 is 0 Å². The predicted octanol–water partition coefficient (Wildman–Crippen LogP) is 1.45. The molecular formula is C10H14N2O2. The fraction of sp³-hybridized carbons (Fsp3) is 0.600. The summed E-state index contributed by atoms with van der Waals surface area (Å²) >= 11 is 0. The van der Waals surface area contributed by atoms with E-state index >= 15 is 0 Å². The van der Waals surface area contributed by atoms with Gasteiger partial charge in [-0.05, 0) is 25.8 Å². The fourth-order valence-corrected chi connectivity index (χ4v) is 1.78. The molecule has 0 radical (unpaired) electrons. The van der Waals surface area contributed by atoms with Gasteiger partial charge in [0.1, 0.15) is 0 Å². The SMILES string of the molecule is Cc1ccn(CC2(CC(=O)O)CC2)n1. The first kappa shape index (κ1) is 9.24. The van der Waals surface area contributed by atoms with Gasteiger partial charge < -0.3 is 5.11 Å². The first-order valence-corrected chi connectivity index (χ1v) is 4.82. The summed E-state index contributed by atoms with van der Waals surface area (Å²) in [7, 11) is 0. The average molecular weight is 194 g/mol. The zero-order chi connectivity index (χ0) is 10.2. The molecule has 0 bridgehead atoms. The summed E-state index contributed by atoms with van der Waals surface area (Å²) in [5.41, 5.74) is 0.973. The molecule has 0 saturated heterocycles. The second-order valence-electron chi connectivity index (χ2n) is 4.23.